The Hall–Kier alpha value is -0.610. The van der Waals surface area contributed by atoms with E-state index in [1.807, 2.05) is 0 Å². The third kappa shape index (κ3) is 6.03. The topological polar surface area (TPSA) is 35.5 Å². The van der Waals surface area contributed by atoms with E-state index in [9.17, 15) is 4.79 Å². The molecule has 2 saturated heterocycles. The van der Waals surface area contributed by atoms with Gasteiger partial charge < -0.3 is 14.0 Å². The number of ether oxygens (including phenoxy) is 2. The lowest BCUT2D eigenvalue weighted by Gasteiger charge is -2.51. The number of hydrogen-bond donors (Lipinski definition) is 0. The normalized spacial score (nSPS) is 29.9. The Kier molecular flexibility index (Phi) is 8.54. The highest BCUT2D eigenvalue weighted by Crippen LogP contribution is 2.36. The Labute approximate surface area is 148 Å². The molecule has 2 heterocycles. The number of unbranched alkanes of at least 4 members (excludes halogenated alkanes) is 4. The number of rotatable bonds is 10. The number of fused-ring (bicyclic) bond motifs is 1. The van der Waals surface area contributed by atoms with Gasteiger partial charge in [0.05, 0.1) is 39.4 Å². The summed E-state index contributed by atoms with van der Waals surface area (Å²) in [4.78, 5) is 11.8. The van der Waals surface area contributed by atoms with Crippen molar-refractivity contribution in [2.24, 2.45) is 5.92 Å². The van der Waals surface area contributed by atoms with E-state index in [-0.39, 0.29) is 12.6 Å². The van der Waals surface area contributed by atoms with Crippen LogP contribution in [0.15, 0.2) is 0 Å². The van der Waals surface area contributed by atoms with Crippen LogP contribution in [-0.2, 0) is 14.3 Å². The molecule has 140 valence electrons. The second kappa shape index (κ2) is 10.4. The average Bonchev–Trinajstić information content (AvgIpc) is 2.57. The number of carbonyl (C=O) groups excluding carboxylic acids is 1. The minimum absolute atomic E-state index is 0.127. The van der Waals surface area contributed by atoms with Crippen LogP contribution in [0.2, 0.25) is 0 Å². The molecule has 24 heavy (non-hydrogen) atoms. The average molecular weight is 341 g/mol. The van der Waals surface area contributed by atoms with E-state index >= 15 is 0 Å². The maximum atomic E-state index is 11.8. The molecule has 2 rings (SSSR count). The van der Waals surface area contributed by atoms with Crippen molar-refractivity contribution >= 4 is 5.97 Å². The number of carbonyl (C=O) groups is 1. The highest BCUT2D eigenvalue weighted by atomic mass is 16.6. The van der Waals surface area contributed by atoms with Gasteiger partial charge in [0, 0.05) is 12.3 Å². The van der Waals surface area contributed by atoms with Crippen LogP contribution in [0.3, 0.4) is 0 Å². The van der Waals surface area contributed by atoms with Gasteiger partial charge in [0.25, 0.3) is 0 Å². The summed E-state index contributed by atoms with van der Waals surface area (Å²) < 4.78 is 12.2. The smallest absolute Gasteiger partial charge is 0.332 e. The summed E-state index contributed by atoms with van der Waals surface area (Å²) in [6, 6.07) is 0.738. The summed E-state index contributed by atoms with van der Waals surface area (Å²) in [6.07, 6.45) is 12.5. The van der Waals surface area contributed by atoms with Gasteiger partial charge in [-0.15, -0.1) is 0 Å². The summed E-state index contributed by atoms with van der Waals surface area (Å²) in [5, 5.41) is 0. The van der Waals surface area contributed by atoms with Gasteiger partial charge >= 0.3 is 5.97 Å². The minimum Gasteiger partial charge on any atom is -0.464 e. The molecule has 4 nitrogen and oxygen atoms in total. The number of hydrogen-bond acceptors (Lipinski definition) is 3. The summed E-state index contributed by atoms with van der Waals surface area (Å²) in [5.41, 5.74) is 0. The second-order valence-corrected chi connectivity index (χ2v) is 8.04. The van der Waals surface area contributed by atoms with Gasteiger partial charge in [0.15, 0.2) is 0 Å². The first-order valence-electron chi connectivity index (χ1n) is 10.2. The van der Waals surface area contributed by atoms with Crippen molar-refractivity contribution in [1.82, 2.24) is 0 Å². The highest BCUT2D eigenvalue weighted by Gasteiger charge is 2.43. The van der Waals surface area contributed by atoms with Crippen molar-refractivity contribution in [2.45, 2.75) is 77.2 Å². The van der Waals surface area contributed by atoms with Crippen LogP contribution >= 0.6 is 0 Å². The maximum absolute atomic E-state index is 11.8. The van der Waals surface area contributed by atoms with E-state index in [1.165, 1.54) is 68.9 Å². The Morgan fingerprint density at radius 3 is 2.67 bits per heavy atom. The lowest BCUT2D eigenvalue weighted by atomic mass is 9.82. The van der Waals surface area contributed by atoms with Crippen molar-refractivity contribution in [2.75, 3.05) is 40.0 Å². The summed E-state index contributed by atoms with van der Waals surface area (Å²) >= 11 is 0. The zero-order valence-electron chi connectivity index (χ0n) is 15.9. The van der Waals surface area contributed by atoms with Gasteiger partial charge in [0.1, 0.15) is 6.61 Å². The minimum atomic E-state index is -0.192. The van der Waals surface area contributed by atoms with Gasteiger partial charge in [-0.05, 0) is 32.1 Å². The maximum Gasteiger partial charge on any atom is 0.332 e. The highest BCUT2D eigenvalue weighted by molar-refractivity contribution is 5.70. The molecule has 0 spiro atoms. The zero-order valence-corrected chi connectivity index (χ0v) is 15.9. The second-order valence-electron chi connectivity index (χ2n) is 8.04. The number of esters is 1. The SMILES string of the molecule is CCCCCCCOC(=O)COC[C@@H]1CCC[N+]2(C)CCCC[C@H]12. The Balaban J connectivity index is 1.58. The summed E-state index contributed by atoms with van der Waals surface area (Å²) in [6.45, 7) is 6.25. The van der Waals surface area contributed by atoms with Gasteiger partial charge in [0.2, 0.25) is 0 Å². The largest absolute Gasteiger partial charge is 0.464 e. The number of quaternary nitrogens is 1. The first-order valence-corrected chi connectivity index (χ1v) is 10.2. The van der Waals surface area contributed by atoms with Crippen LogP contribution in [0.4, 0.5) is 0 Å². The van der Waals surface area contributed by atoms with Crippen LogP contribution in [-0.4, -0.2) is 56.5 Å². The molecule has 0 radical (unpaired) electrons. The van der Waals surface area contributed by atoms with E-state index < -0.39 is 0 Å². The standard InChI is InChI=1S/C20H38NO3/c1-3-4-5-6-9-15-24-20(22)17-23-16-18-11-10-14-21(2)13-8-7-12-19(18)21/h18-19H,3-17H2,1-2H3/q+1/t18-,19+,21?/m0/s1. The molecule has 0 N–H and O–H groups in total. The lowest BCUT2D eigenvalue weighted by Crippen LogP contribution is -2.61. The first-order chi connectivity index (χ1) is 11.7. The molecule has 3 atom stereocenters. The van der Waals surface area contributed by atoms with Crippen molar-refractivity contribution < 1.29 is 18.8 Å². The third-order valence-electron chi connectivity index (χ3n) is 6.07. The van der Waals surface area contributed by atoms with E-state index in [0.29, 0.717) is 12.5 Å². The van der Waals surface area contributed by atoms with Crippen LogP contribution in [0.1, 0.15) is 71.1 Å². The zero-order chi connectivity index (χ0) is 17.3. The molecule has 2 fully saturated rings. The summed E-state index contributed by atoms with van der Waals surface area (Å²) in [7, 11) is 2.42. The molecule has 0 saturated carbocycles. The fraction of sp³-hybridized carbons (Fsp3) is 0.950. The molecule has 0 aromatic carbocycles. The predicted molar refractivity (Wildman–Crippen MR) is 96.8 cm³/mol. The van der Waals surface area contributed by atoms with E-state index in [4.69, 9.17) is 9.47 Å². The van der Waals surface area contributed by atoms with Crippen molar-refractivity contribution in [1.29, 1.82) is 0 Å². The van der Waals surface area contributed by atoms with Crippen LogP contribution in [0, 0.1) is 5.92 Å². The molecule has 0 amide bonds. The van der Waals surface area contributed by atoms with E-state index in [0.717, 1.165) is 25.5 Å². The lowest BCUT2D eigenvalue weighted by molar-refractivity contribution is -0.947. The molecule has 2 aliphatic heterocycles. The van der Waals surface area contributed by atoms with Crippen LogP contribution in [0.25, 0.3) is 0 Å². The van der Waals surface area contributed by atoms with E-state index in [2.05, 4.69) is 14.0 Å². The van der Waals surface area contributed by atoms with E-state index in [1.54, 1.807) is 0 Å². The van der Waals surface area contributed by atoms with Gasteiger partial charge in [-0.2, -0.15) is 0 Å². The van der Waals surface area contributed by atoms with Gasteiger partial charge in [-0.25, -0.2) is 4.79 Å². The number of nitrogens with zero attached hydrogens (tertiary/aromatic N) is 1. The van der Waals surface area contributed by atoms with Crippen LogP contribution in [0.5, 0.6) is 0 Å². The molecule has 4 heteroatoms. The van der Waals surface area contributed by atoms with Crippen molar-refractivity contribution in [3.63, 3.8) is 0 Å². The Morgan fingerprint density at radius 1 is 1.04 bits per heavy atom. The van der Waals surface area contributed by atoms with Crippen molar-refractivity contribution in [3.8, 4) is 0 Å². The van der Waals surface area contributed by atoms with Crippen LogP contribution < -0.4 is 0 Å². The molecular weight excluding hydrogens is 302 g/mol. The summed E-state index contributed by atoms with van der Waals surface area (Å²) in [5.74, 6) is 0.424. The molecule has 0 aromatic rings. The first kappa shape index (κ1) is 19.7. The molecule has 2 aliphatic rings. The monoisotopic (exact) mass is 340 g/mol. The predicted octanol–water partition coefficient (Wildman–Crippen LogP) is 3.93. The van der Waals surface area contributed by atoms with Crippen molar-refractivity contribution in [3.05, 3.63) is 0 Å². The molecule has 0 bridgehead atoms. The fourth-order valence-corrected chi connectivity index (χ4v) is 4.65. The molecular formula is C20H38NO3+. The fourth-order valence-electron chi connectivity index (χ4n) is 4.65. The Bertz CT molecular complexity index is 370. The van der Waals surface area contributed by atoms with Gasteiger partial charge in [-0.3, -0.25) is 0 Å². The third-order valence-corrected chi connectivity index (χ3v) is 6.07. The Morgan fingerprint density at radius 2 is 1.83 bits per heavy atom. The van der Waals surface area contributed by atoms with Gasteiger partial charge in [-0.1, -0.05) is 32.6 Å². The molecule has 0 aliphatic carbocycles. The molecule has 0 aromatic heterocycles. The quantitative estimate of drug-likeness (QED) is 0.343. The molecule has 1 unspecified atom stereocenters. The number of piperidine rings is 2.